The van der Waals surface area contributed by atoms with Crippen LogP contribution in [0, 0.1) is 0 Å². The minimum Gasteiger partial charge on any atom is -0.435 e. The molecule has 0 spiro atoms. The smallest absolute Gasteiger partial charge is 0.387 e. The molecular formula is C18H20F2N2O3S. The highest BCUT2D eigenvalue weighted by atomic mass is 32.1. The van der Waals surface area contributed by atoms with Gasteiger partial charge in [-0.1, -0.05) is 18.2 Å². The fraction of sp³-hybridized carbons (Fsp3) is 0.333. The summed E-state index contributed by atoms with van der Waals surface area (Å²) in [6, 6.07) is 9.73. The van der Waals surface area contributed by atoms with Crippen LogP contribution in [0.5, 0.6) is 5.75 Å². The van der Waals surface area contributed by atoms with E-state index >= 15 is 0 Å². The second-order valence-corrected chi connectivity index (χ2v) is 6.56. The Morgan fingerprint density at radius 1 is 1.23 bits per heavy atom. The largest absolute Gasteiger partial charge is 0.435 e. The van der Waals surface area contributed by atoms with Gasteiger partial charge in [0.1, 0.15) is 5.75 Å². The summed E-state index contributed by atoms with van der Waals surface area (Å²) in [4.78, 5) is 26.1. The van der Waals surface area contributed by atoms with Gasteiger partial charge in [-0.2, -0.15) is 8.78 Å². The number of carbonyl (C=O) groups is 2. The lowest BCUT2D eigenvalue weighted by atomic mass is 10.2. The van der Waals surface area contributed by atoms with Gasteiger partial charge in [0.05, 0.1) is 4.88 Å². The van der Waals surface area contributed by atoms with Crippen molar-refractivity contribution in [3.05, 3.63) is 52.2 Å². The molecule has 0 unspecified atom stereocenters. The van der Waals surface area contributed by atoms with Crippen LogP contribution in [0.2, 0.25) is 0 Å². The van der Waals surface area contributed by atoms with Gasteiger partial charge in [0, 0.05) is 26.6 Å². The third-order valence-corrected chi connectivity index (χ3v) is 4.46. The summed E-state index contributed by atoms with van der Waals surface area (Å²) in [6.45, 7) is -2.06. The molecule has 2 amide bonds. The second kappa shape index (κ2) is 9.86. The summed E-state index contributed by atoms with van der Waals surface area (Å²) < 4.78 is 28.5. The van der Waals surface area contributed by atoms with Crippen LogP contribution in [0.15, 0.2) is 41.8 Å². The SMILES string of the molecule is CN(Cc1ccc(OC(F)F)cc1)C(=O)CCCNC(=O)c1cccs1. The van der Waals surface area contributed by atoms with Crippen molar-refractivity contribution in [2.24, 2.45) is 0 Å². The number of ether oxygens (including phenoxy) is 1. The highest BCUT2D eigenvalue weighted by molar-refractivity contribution is 7.12. The molecule has 0 aliphatic heterocycles. The molecule has 5 nitrogen and oxygen atoms in total. The summed E-state index contributed by atoms with van der Waals surface area (Å²) in [5.74, 6) is -0.102. The van der Waals surface area contributed by atoms with Crippen LogP contribution in [-0.2, 0) is 11.3 Å². The molecule has 26 heavy (non-hydrogen) atoms. The first-order chi connectivity index (χ1) is 12.5. The Bertz CT molecular complexity index is 706. The Labute approximate surface area is 154 Å². The molecule has 2 aromatic rings. The maximum absolute atomic E-state index is 12.1. The Morgan fingerprint density at radius 2 is 1.96 bits per heavy atom. The van der Waals surface area contributed by atoms with Gasteiger partial charge in [-0.05, 0) is 35.6 Å². The first-order valence-electron chi connectivity index (χ1n) is 8.05. The van der Waals surface area contributed by atoms with Crippen LogP contribution in [-0.4, -0.2) is 36.9 Å². The number of hydrogen-bond donors (Lipinski definition) is 1. The van der Waals surface area contributed by atoms with E-state index in [1.165, 1.54) is 23.5 Å². The van der Waals surface area contributed by atoms with Crippen LogP contribution in [0.4, 0.5) is 8.78 Å². The molecule has 0 aliphatic carbocycles. The van der Waals surface area contributed by atoms with E-state index in [1.807, 2.05) is 11.4 Å². The average molecular weight is 382 g/mol. The predicted octanol–water partition coefficient (Wildman–Crippen LogP) is 3.52. The molecular weight excluding hydrogens is 362 g/mol. The number of alkyl halides is 2. The van der Waals surface area contributed by atoms with Crippen LogP contribution < -0.4 is 10.1 Å². The van der Waals surface area contributed by atoms with E-state index in [9.17, 15) is 18.4 Å². The van der Waals surface area contributed by atoms with Crippen molar-refractivity contribution in [3.8, 4) is 5.75 Å². The summed E-state index contributed by atoms with van der Waals surface area (Å²) in [5.41, 5.74) is 0.813. The van der Waals surface area contributed by atoms with Crippen molar-refractivity contribution in [1.82, 2.24) is 10.2 Å². The Kier molecular flexibility index (Phi) is 7.53. The molecule has 0 saturated heterocycles. The fourth-order valence-electron chi connectivity index (χ4n) is 2.27. The van der Waals surface area contributed by atoms with Gasteiger partial charge in [-0.15, -0.1) is 11.3 Å². The van der Waals surface area contributed by atoms with Crippen LogP contribution in [0.3, 0.4) is 0 Å². The third-order valence-electron chi connectivity index (χ3n) is 3.59. The number of hydrogen-bond acceptors (Lipinski definition) is 4. The highest BCUT2D eigenvalue weighted by Gasteiger charge is 2.11. The third kappa shape index (κ3) is 6.44. The van der Waals surface area contributed by atoms with Gasteiger partial charge in [-0.3, -0.25) is 9.59 Å². The number of thiophene rings is 1. The molecule has 2 rings (SSSR count). The molecule has 0 radical (unpaired) electrons. The molecule has 1 aromatic heterocycles. The van der Waals surface area contributed by atoms with E-state index in [1.54, 1.807) is 30.1 Å². The van der Waals surface area contributed by atoms with E-state index in [4.69, 9.17) is 0 Å². The van der Waals surface area contributed by atoms with E-state index < -0.39 is 6.61 Å². The normalized spacial score (nSPS) is 10.6. The van der Waals surface area contributed by atoms with E-state index in [2.05, 4.69) is 10.1 Å². The zero-order chi connectivity index (χ0) is 18.9. The number of rotatable bonds is 9. The van der Waals surface area contributed by atoms with Crippen molar-refractivity contribution in [1.29, 1.82) is 0 Å². The topological polar surface area (TPSA) is 58.6 Å². The quantitative estimate of drug-likeness (QED) is 0.675. The first kappa shape index (κ1) is 19.8. The molecule has 8 heteroatoms. The minimum atomic E-state index is -2.86. The van der Waals surface area contributed by atoms with Gasteiger partial charge in [-0.25, -0.2) is 0 Å². The molecule has 0 atom stereocenters. The van der Waals surface area contributed by atoms with Crippen molar-refractivity contribution in [3.63, 3.8) is 0 Å². The van der Waals surface area contributed by atoms with Crippen LogP contribution >= 0.6 is 11.3 Å². The van der Waals surface area contributed by atoms with Crippen molar-refractivity contribution in [2.75, 3.05) is 13.6 Å². The van der Waals surface area contributed by atoms with Crippen LogP contribution in [0.25, 0.3) is 0 Å². The molecule has 0 aliphatic rings. The van der Waals surface area contributed by atoms with Crippen molar-refractivity contribution < 1.29 is 23.1 Å². The number of carbonyl (C=O) groups excluding carboxylic acids is 2. The predicted molar refractivity (Wildman–Crippen MR) is 95.4 cm³/mol. The maximum atomic E-state index is 12.1. The van der Waals surface area contributed by atoms with E-state index in [0.717, 1.165) is 5.56 Å². The van der Waals surface area contributed by atoms with Gasteiger partial charge in [0.25, 0.3) is 5.91 Å². The zero-order valence-electron chi connectivity index (χ0n) is 14.3. The van der Waals surface area contributed by atoms with Gasteiger partial charge >= 0.3 is 6.61 Å². The van der Waals surface area contributed by atoms with Crippen molar-refractivity contribution in [2.45, 2.75) is 26.0 Å². The minimum absolute atomic E-state index is 0.0525. The number of nitrogens with one attached hydrogen (secondary N) is 1. The summed E-state index contributed by atoms with van der Waals surface area (Å²) >= 11 is 1.37. The number of nitrogens with zero attached hydrogens (tertiary/aromatic N) is 1. The molecule has 0 bridgehead atoms. The Balaban J connectivity index is 1.69. The van der Waals surface area contributed by atoms with Crippen molar-refractivity contribution >= 4 is 23.2 Å². The fourth-order valence-corrected chi connectivity index (χ4v) is 2.91. The lowest BCUT2D eigenvalue weighted by Gasteiger charge is -2.17. The Morgan fingerprint density at radius 3 is 2.58 bits per heavy atom. The average Bonchev–Trinajstić information content (AvgIpc) is 3.14. The Hall–Kier alpha value is -2.48. The molecule has 1 aromatic carbocycles. The van der Waals surface area contributed by atoms with E-state index in [0.29, 0.717) is 30.8 Å². The molecule has 0 saturated carbocycles. The highest BCUT2D eigenvalue weighted by Crippen LogP contribution is 2.16. The van der Waals surface area contributed by atoms with Gasteiger partial charge in [0.2, 0.25) is 5.91 Å². The number of amides is 2. The monoisotopic (exact) mass is 382 g/mol. The lowest BCUT2D eigenvalue weighted by molar-refractivity contribution is -0.130. The number of halogens is 2. The van der Waals surface area contributed by atoms with Crippen LogP contribution in [0.1, 0.15) is 28.1 Å². The molecule has 1 N–H and O–H groups in total. The van der Waals surface area contributed by atoms with Gasteiger partial charge < -0.3 is 15.0 Å². The number of benzene rings is 1. The maximum Gasteiger partial charge on any atom is 0.387 e. The molecule has 1 heterocycles. The first-order valence-corrected chi connectivity index (χ1v) is 8.93. The molecule has 0 fully saturated rings. The lowest BCUT2D eigenvalue weighted by Crippen LogP contribution is -2.28. The second-order valence-electron chi connectivity index (χ2n) is 5.61. The van der Waals surface area contributed by atoms with Gasteiger partial charge in [0.15, 0.2) is 0 Å². The molecule has 140 valence electrons. The standard InChI is InChI=1S/C18H20F2N2O3S/c1-22(12-13-6-8-14(9-7-13)25-18(19)20)16(23)5-2-10-21-17(24)15-4-3-11-26-15/h3-4,6-9,11,18H,2,5,10,12H2,1H3,(H,21,24). The summed E-state index contributed by atoms with van der Waals surface area (Å²) in [5, 5.41) is 4.61. The van der Waals surface area contributed by atoms with E-state index in [-0.39, 0.29) is 17.6 Å². The zero-order valence-corrected chi connectivity index (χ0v) is 15.1. The summed E-state index contributed by atoms with van der Waals surface area (Å²) in [7, 11) is 1.68. The summed E-state index contributed by atoms with van der Waals surface area (Å²) in [6.07, 6.45) is 0.856.